The molecule has 164 valence electrons. The predicted octanol–water partition coefficient (Wildman–Crippen LogP) is 5.32. The molecule has 1 fully saturated rings. The summed E-state index contributed by atoms with van der Waals surface area (Å²) in [5.41, 5.74) is 4.66. The molecule has 1 heterocycles. The fourth-order valence-corrected chi connectivity index (χ4v) is 5.54. The average molecular weight is 431 g/mol. The molecule has 2 aliphatic carbocycles. The second-order valence-electron chi connectivity index (χ2n) is 9.37. The van der Waals surface area contributed by atoms with Crippen LogP contribution >= 0.6 is 0 Å². The van der Waals surface area contributed by atoms with Gasteiger partial charge in [0.15, 0.2) is 5.78 Å². The van der Waals surface area contributed by atoms with Gasteiger partial charge in [-0.05, 0) is 80.5 Å². The van der Waals surface area contributed by atoms with E-state index < -0.39 is 5.60 Å². The normalized spacial score (nSPS) is 24.1. The van der Waals surface area contributed by atoms with Gasteiger partial charge in [-0.25, -0.2) is 9.07 Å². The van der Waals surface area contributed by atoms with Crippen molar-refractivity contribution in [2.75, 3.05) is 0 Å². The van der Waals surface area contributed by atoms with E-state index >= 15 is 0 Å². The zero-order valence-electron chi connectivity index (χ0n) is 18.4. The smallest absolute Gasteiger partial charge is 0.160 e. The van der Waals surface area contributed by atoms with Crippen LogP contribution in [0.1, 0.15) is 60.3 Å². The predicted molar refractivity (Wildman–Crippen MR) is 122 cm³/mol. The number of aromatic nitrogens is 2. The lowest BCUT2D eigenvalue weighted by molar-refractivity contribution is -0.0461. The van der Waals surface area contributed by atoms with Crippen LogP contribution < -0.4 is 0 Å². The zero-order valence-corrected chi connectivity index (χ0v) is 18.4. The molecule has 32 heavy (non-hydrogen) atoms. The number of ketones is 1. The molecule has 0 unspecified atom stereocenters. The summed E-state index contributed by atoms with van der Waals surface area (Å²) in [4.78, 5) is 12.0. The van der Waals surface area contributed by atoms with Gasteiger partial charge in [0.2, 0.25) is 0 Å². The molecule has 5 rings (SSSR count). The molecule has 2 atom stereocenters. The first-order valence-corrected chi connectivity index (χ1v) is 11.2. The van der Waals surface area contributed by atoms with Gasteiger partial charge in [0, 0.05) is 11.0 Å². The van der Waals surface area contributed by atoms with Crippen LogP contribution in [0.3, 0.4) is 0 Å². The molecule has 1 aromatic heterocycles. The van der Waals surface area contributed by atoms with Crippen molar-refractivity contribution in [2.24, 2.45) is 5.41 Å². The van der Waals surface area contributed by atoms with E-state index in [1.54, 1.807) is 19.1 Å². The Balaban J connectivity index is 1.44. The number of rotatable bonds is 5. The van der Waals surface area contributed by atoms with Gasteiger partial charge in [-0.3, -0.25) is 4.79 Å². The van der Waals surface area contributed by atoms with Gasteiger partial charge in [0.05, 0.1) is 23.2 Å². The van der Waals surface area contributed by atoms with Crippen LogP contribution in [0.2, 0.25) is 0 Å². The molecule has 0 bridgehead atoms. The number of fused-ring (bicyclic) bond motifs is 2. The van der Waals surface area contributed by atoms with Crippen molar-refractivity contribution >= 4 is 11.9 Å². The molecule has 1 N–H and O–H groups in total. The van der Waals surface area contributed by atoms with Gasteiger partial charge in [-0.15, -0.1) is 0 Å². The van der Waals surface area contributed by atoms with Crippen LogP contribution in [-0.2, 0) is 12.8 Å². The molecule has 2 aliphatic rings. The van der Waals surface area contributed by atoms with Gasteiger partial charge < -0.3 is 5.11 Å². The third kappa shape index (κ3) is 3.23. The van der Waals surface area contributed by atoms with Crippen molar-refractivity contribution in [2.45, 2.75) is 51.6 Å². The van der Waals surface area contributed by atoms with Gasteiger partial charge in [0.25, 0.3) is 0 Å². The Bertz CT molecular complexity index is 1230. The number of aliphatic hydroxyl groups is 1. The molecule has 1 saturated carbocycles. The summed E-state index contributed by atoms with van der Waals surface area (Å²) in [5, 5.41) is 16.4. The number of nitrogens with zero attached hydrogens (tertiary/aromatic N) is 2. The van der Waals surface area contributed by atoms with E-state index in [-0.39, 0.29) is 17.0 Å². The summed E-state index contributed by atoms with van der Waals surface area (Å²) in [6.07, 6.45) is 7.53. The quantitative estimate of drug-likeness (QED) is 0.558. The van der Waals surface area contributed by atoms with Crippen molar-refractivity contribution in [3.05, 3.63) is 88.5 Å². The maximum atomic E-state index is 13.4. The lowest BCUT2D eigenvalue weighted by atomic mass is 9.65. The summed E-state index contributed by atoms with van der Waals surface area (Å²) in [7, 11) is 0. The van der Waals surface area contributed by atoms with Crippen molar-refractivity contribution in [1.29, 1.82) is 0 Å². The Morgan fingerprint density at radius 3 is 2.69 bits per heavy atom. The molecule has 3 aromatic rings. The average Bonchev–Trinajstić information content (AvgIpc) is 3.29. The second kappa shape index (κ2) is 7.52. The molecule has 0 saturated heterocycles. The minimum absolute atomic E-state index is 0.0568. The Kier molecular flexibility index (Phi) is 4.90. The Morgan fingerprint density at radius 2 is 1.94 bits per heavy atom. The van der Waals surface area contributed by atoms with E-state index in [1.807, 2.05) is 35.1 Å². The molecule has 4 nitrogen and oxygen atoms in total. The van der Waals surface area contributed by atoms with Crippen LogP contribution in [-0.4, -0.2) is 26.3 Å². The maximum absolute atomic E-state index is 13.4. The molecule has 0 radical (unpaired) electrons. The van der Waals surface area contributed by atoms with Crippen LogP contribution in [0, 0.1) is 11.2 Å². The number of carbonyl (C=O) groups is 1. The Labute approximate surface area is 187 Å². The van der Waals surface area contributed by atoms with Crippen LogP contribution in [0.5, 0.6) is 0 Å². The third-order valence-corrected chi connectivity index (χ3v) is 7.56. The first-order chi connectivity index (χ1) is 15.3. The van der Waals surface area contributed by atoms with Crippen molar-refractivity contribution in [1.82, 2.24) is 9.78 Å². The Morgan fingerprint density at radius 1 is 1.19 bits per heavy atom. The summed E-state index contributed by atoms with van der Waals surface area (Å²) >= 11 is 0. The number of aryl methyl sites for hydroxylation is 1. The van der Waals surface area contributed by atoms with Gasteiger partial charge in [0.1, 0.15) is 5.82 Å². The molecule has 0 amide bonds. The summed E-state index contributed by atoms with van der Waals surface area (Å²) in [6.45, 7) is 3.74. The highest BCUT2D eigenvalue weighted by atomic mass is 19.1. The fraction of sp³-hybridized carbons (Fsp3) is 0.333. The summed E-state index contributed by atoms with van der Waals surface area (Å²) in [5.74, 6) is -0.214. The van der Waals surface area contributed by atoms with E-state index in [0.717, 1.165) is 34.5 Å². The highest BCUT2D eigenvalue weighted by Crippen LogP contribution is 2.56. The lowest BCUT2D eigenvalue weighted by Gasteiger charge is -2.42. The van der Waals surface area contributed by atoms with Crippen LogP contribution in [0.4, 0.5) is 4.39 Å². The summed E-state index contributed by atoms with van der Waals surface area (Å²) in [6, 6.07) is 14.0. The van der Waals surface area contributed by atoms with E-state index in [0.29, 0.717) is 25.7 Å². The Hall–Kier alpha value is -3.05. The SMILES string of the molecule is CC(=O)c1ccccc1CC[C@]1(O)CCC2=Cc3c(cnn3-c3ccc(F)cc3)C[C@@]21C. The minimum atomic E-state index is -0.849. The number of halogens is 1. The number of carbonyl (C=O) groups excluding carboxylic acids is 1. The maximum Gasteiger partial charge on any atom is 0.160 e. The van der Waals surface area contributed by atoms with Crippen LogP contribution in [0.25, 0.3) is 11.8 Å². The zero-order chi connectivity index (χ0) is 22.5. The molecular weight excluding hydrogens is 403 g/mol. The molecule has 0 aliphatic heterocycles. The molecular formula is C27H27FN2O2. The fourth-order valence-electron chi connectivity index (χ4n) is 5.54. The molecule has 5 heteroatoms. The number of benzene rings is 2. The first kappa shape index (κ1) is 20.8. The highest BCUT2D eigenvalue weighted by Gasteiger charge is 2.54. The van der Waals surface area contributed by atoms with Crippen molar-refractivity contribution < 1.29 is 14.3 Å². The minimum Gasteiger partial charge on any atom is -0.389 e. The number of hydrogen-bond donors (Lipinski definition) is 1. The first-order valence-electron chi connectivity index (χ1n) is 11.2. The van der Waals surface area contributed by atoms with Crippen LogP contribution in [0.15, 0.2) is 60.3 Å². The third-order valence-electron chi connectivity index (χ3n) is 7.56. The second-order valence-corrected chi connectivity index (χ2v) is 9.37. The van der Waals surface area contributed by atoms with E-state index in [2.05, 4.69) is 18.1 Å². The highest BCUT2D eigenvalue weighted by molar-refractivity contribution is 5.95. The summed E-state index contributed by atoms with van der Waals surface area (Å²) < 4.78 is 15.2. The molecule has 2 aromatic carbocycles. The van der Waals surface area contributed by atoms with Gasteiger partial charge in [-0.2, -0.15) is 5.10 Å². The van der Waals surface area contributed by atoms with E-state index in [9.17, 15) is 14.3 Å². The molecule has 0 spiro atoms. The van der Waals surface area contributed by atoms with Crippen molar-refractivity contribution in [3.8, 4) is 5.69 Å². The van der Waals surface area contributed by atoms with Gasteiger partial charge in [-0.1, -0.05) is 36.8 Å². The number of Topliss-reactive ketones (excluding diaryl/α,β-unsaturated/α-hetero) is 1. The standard InChI is InChI=1S/C27H27FN2O2/c1-18(31)24-6-4-3-5-19(24)11-13-27(32)14-12-21-15-25-20(16-26(21,27)2)17-29-30(25)23-9-7-22(28)8-10-23/h3-10,15,17,32H,11-14,16H2,1-2H3/t26-,27-/m0/s1. The topological polar surface area (TPSA) is 55.1 Å². The lowest BCUT2D eigenvalue weighted by Crippen LogP contribution is -2.45. The largest absolute Gasteiger partial charge is 0.389 e. The van der Waals surface area contributed by atoms with E-state index in [4.69, 9.17) is 0 Å². The van der Waals surface area contributed by atoms with E-state index in [1.165, 1.54) is 17.7 Å². The number of hydrogen-bond acceptors (Lipinski definition) is 3. The van der Waals surface area contributed by atoms with Gasteiger partial charge >= 0.3 is 0 Å². The van der Waals surface area contributed by atoms with Crippen molar-refractivity contribution in [3.63, 3.8) is 0 Å². The monoisotopic (exact) mass is 430 g/mol.